The standard InChI is InChI=1S/C11H12O/c1-4-10-5-6-11(9(3)12)7-8(10)2/h1,5-7,9,12H,2-3H3/t9-/m1/s1. The molecular formula is C11H12O. The van der Waals surface area contributed by atoms with Crippen molar-refractivity contribution in [2.75, 3.05) is 0 Å². The van der Waals surface area contributed by atoms with E-state index >= 15 is 0 Å². The summed E-state index contributed by atoms with van der Waals surface area (Å²) in [5.41, 5.74) is 2.84. The van der Waals surface area contributed by atoms with Gasteiger partial charge in [0.05, 0.1) is 6.10 Å². The van der Waals surface area contributed by atoms with Gasteiger partial charge in [0.25, 0.3) is 0 Å². The van der Waals surface area contributed by atoms with E-state index in [4.69, 9.17) is 6.42 Å². The Morgan fingerprint density at radius 1 is 1.50 bits per heavy atom. The van der Waals surface area contributed by atoms with E-state index in [1.807, 2.05) is 25.1 Å². The molecule has 0 heterocycles. The van der Waals surface area contributed by atoms with Crippen molar-refractivity contribution >= 4 is 0 Å². The van der Waals surface area contributed by atoms with Gasteiger partial charge in [0.2, 0.25) is 0 Å². The Bertz CT molecular complexity index is 318. The molecule has 1 nitrogen and oxygen atoms in total. The predicted octanol–water partition coefficient (Wildman–Crippen LogP) is 2.03. The highest BCUT2D eigenvalue weighted by atomic mass is 16.3. The van der Waals surface area contributed by atoms with E-state index in [-0.39, 0.29) is 0 Å². The first-order valence-corrected chi connectivity index (χ1v) is 3.90. The highest BCUT2D eigenvalue weighted by molar-refractivity contribution is 5.41. The molecule has 62 valence electrons. The Morgan fingerprint density at radius 2 is 2.17 bits per heavy atom. The number of aliphatic hydroxyl groups excluding tert-OH is 1. The third-order valence-electron chi connectivity index (χ3n) is 1.89. The van der Waals surface area contributed by atoms with Crippen LogP contribution < -0.4 is 0 Å². The zero-order valence-corrected chi connectivity index (χ0v) is 7.33. The number of hydrogen-bond donors (Lipinski definition) is 1. The van der Waals surface area contributed by atoms with Crippen LogP contribution in [0.5, 0.6) is 0 Å². The average molecular weight is 160 g/mol. The lowest BCUT2D eigenvalue weighted by Gasteiger charge is -2.06. The Labute approximate surface area is 73.0 Å². The van der Waals surface area contributed by atoms with Crippen LogP contribution in [-0.2, 0) is 0 Å². The summed E-state index contributed by atoms with van der Waals surface area (Å²) in [4.78, 5) is 0. The lowest BCUT2D eigenvalue weighted by molar-refractivity contribution is 0.199. The zero-order valence-electron chi connectivity index (χ0n) is 7.33. The summed E-state index contributed by atoms with van der Waals surface area (Å²) in [6.07, 6.45) is 4.84. The van der Waals surface area contributed by atoms with Gasteiger partial charge in [-0.05, 0) is 31.0 Å². The van der Waals surface area contributed by atoms with Crippen molar-refractivity contribution in [1.82, 2.24) is 0 Å². The molecule has 1 heteroatoms. The van der Waals surface area contributed by atoms with E-state index < -0.39 is 6.10 Å². The van der Waals surface area contributed by atoms with Gasteiger partial charge in [-0.3, -0.25) is 0 Å². The molecule has 0 radical (unpaired) electrons. The fourth-order valence-corrected chi connectivity index (χ4v) is 1.11. The lowest BCUT2D eigenvalue weighted by atomic mass is 10.0. The van der Waals surface area contributed by atoms with Crippen molar-refractivity contribution in [3.8, 4) is 12.3 Å². The van der Waals surface area contributed by atoms with Gasteiger partial charge in [-0.15, -0.1) is 6.42 Å². The maximum atomic E-state index is 9.26. The van der Waals surface area contributed by atoms with Crippen LogP contribution in [0.2, 0.25) is 0 Å². The summed E-state index contributed by atoms with van der Waals surface area (Å²) in [7, 11) is 0. The third-order valence-corrected chi connectivity index (χ3v) is 1.89. The van der Waals surface area contributed by atoms with Gasteiger partial charge >= 0.3 is 0 Å². The van der Waals surface area contributed by atoms with Crippen molar-refractivity contribution in [1.29, 1.82) is 0 Å². The van der Waals surface area contributed by atoms with Gasteiger partial charge in [-0.2, -0.15) is 0 Å². The molecule has 0 fully saturated rings. The molecule has 0 amide bonds. The predicted molar refractivity (Wildman–Crippen MR) is 49.7 cm³/mol. The molecule has 12 heavy (non-hydrogen) atoms. The van der Waals surface area contributed by atoms with Crippen LogP contribution in [0.1, 0.15) is 29.7 Å². The van der Waals surface area contributed by atoms with E-state index in [9.17, 15) is 5.11 Å². The van der Waals surface area contributed by atoms with Crippen LogP contribution in [0.25, 0.3) is 0 Å². The Balaban J connectivity index is 3.12. The van der Waals surface area contributed by atoms with Gasteiger partial charge in [-0.25, -0.2) is 0 Å². The molecule has 1 N–H and O–H groups in total. The van der Waals surface area contributed by atoms with Crippen LogP contribution in [0, 0.1) is 19.3 Å². The topological polar surface area (TPSA) is 20.2 Å². The molecule has 1 aromatic carbocycles. The maximum Gasteiger partial charge on any atom is 0.0762 e. The number of terminal acetylenes is 1. The zero-order chi connectivity index (χ0) is 9.14. The molecule has 0 unspecified atom stereocenters. The summed E-state index contributed by atoms with van der Waals surface area (Å²) in [6.45, 7) is 3.69. The number of rotatable bonds is 1. The van der Waals surface area contributed by atoms with E-state index in [2.05, 4.69) is 5.92 Å². The first-order valence-electron chi connectivity index (χ1n) is 3.90. The van der Waals surface area contributed by atoms with Crippen LogP contribution in [0.15, 0.2) is 18.2 Å². The van der Waals surface area contributed by atoms with Crippen molar-refractivity contribution in [3.63, 3.8) is 0 Å². The fraction of sp³-hybridized carbons (Fsp3) is 0.273. The summed E-state index contributed by atoms with van der Waals surface area (Å²) in [5.74, 6) is 2.58. The van der Waals surface area contributed by atoms with Gasteiger partial charge in [0.1, 0.15) is 0 Å². The normalized spacial score (nSPS) is 12.2. The molecule has 0 spiro atoms. The average Bonchev–Trinajstić information content (AvgIpc) is 2.04. The molecule has 0 aliphatic heterocycles. The van der Waals surface area contributed by atoms with Crippen molar-refractivity contribution in [3.05, 3.63) is 34.9 Å². The third kappa shape index (κ3) is 1.66. The molecular weight excluding hydrogens is 148 g/mol. The molecule has 0 saturated carbocycles. The van der Waals surface area contributed by atoms with Crippen LogP contribution in [-0.4, -0.2) is 5.11 Å². The van der Waals surface area contributed by atoms with Gasteiger partial charge < -0.3 is 5.11 Å². The Hall–Kier alpha value is -1.26. The highest BCUT2D eigenvalue weighted by Gasteiger charge is 2.01. The molecule has 1 rings (SSSR count). The van der Waals surface area contributed by atoms with Gasteiger partial charge in [0.15, 0.2) is 0 Å². The smallest absolute Gasteiger partial charge is 0.0762 e. The van der Waals surface area contributed by atoms with Gasteiger partial charge in [0, 0.05) is 5.56 Å². The molecule has 0 bridgehead atoms. The second-order valence-electron chi connectivity index (χ2n) is 2.89. The second kappa shape index (κ2) is 3.42. The quantitative estimate of drug-likeness (QED) is 0.623. The second-order valence-corrected chi connectivity index (χ2v) is 2.89. The fourth-order valence-electron chi connectivity index (χ4n) is 1.11. The number of aliphatic hydroxyl groups is 1. The van der Waals surface area contributed by atoms with E-state index in [0.717, 1.165) is 16.7 Å². The Morgan fingerprint density at radius 3 is 2.58 bits per heavy atom. The largest absolute Gasteiger partial charge is 0.389 e. The summed E-state index contributed by atoms with van der Waals surface area (Å²) < 4.78 is 0. The summed E-state index contributed by atoms with van der Waals surface area (Å²) in [6, 6.07) is 5.63. The molecule has 1 atom stereocenters. The number of hydrogen-bond acceptors (Lipinski definition) is 1. The van der Waals surface area contributed by atoms with Crippen LogP contribution in [0.3, 0.4) is 0 Å². The van der Waals surface area contributed by atoms with Gasteiger partial charge in [-0.1, -0.05) is 18.1 Å². The molecule has 1 aromatic rings. The summed E-state index contributed by atoms with van der Waals surface area (Å²) >= 11 is 0. The molecule has 0 aromatic heterocycles. The minimum absolute atomic E-state index is 0.421. The van der Waals surface area contributed by atoms with E-state index in [1.54, 1.807) is 6.92 Å². The number of benzene rings is 1. The van der Waals surface area contributed by atoms with Crippen LogP contribution >= 0.6 is 0 Å². The number of aryl methyl sites for hydroxylation is 1. The molecule has 0 aliphatic carbocycles. The summed E-state index contributed by atoms with van der Waals surface area (Å²) in [5, 5.41) is 9.26. The molecule has 0 aliphatic rings. The van der Waals surface area contributed by atoms with E-state index in [1.165, 1.54) is 0 Å². The monoisotopic (exact) mass is 160 g/mol. The lowest BCUT2D eigenvalue weighted by Crippen LogP contribution is -1.92. The maximum absolute atomic E-state index is 9.26. The SMILES string of the molecule is C#Cc1ccc([C@@H](C)O)cc1C. The van der Waals surface area contributed by atoms with Crippen LogP contribution in [0.4, 0.5) is 0 Å². The molecule has 0 saturated heterocycles. The first kappa shape index (κ1) is 8.83. The Kier molecular flexibility index (Phi) is 2.52. The minimum Gasteiger partial charge on any atom is -0.389 e. The minimum atomic E-state index is -0.421. The van der Waals surface area contributed by atoms with E-state index in [0.29, 0.717) is 0 Å². The highest BCUT2D eigenvalue weighted by Crippen LogP contribution is 2.15. The van der Waals surface area contributed by atoms with Crippen molar-refractivity contribution in [2.45, 2.75) is 20.0 Å². The van der Waals surface area contributed by atoms with Crippen molar-refractivity contribution < 1.29 is 5.11 Å². The van der Waals surface area contributed by atoms with Crippen molar-refractivity contribution in [2.24, 2.45) is 0 Å². The first-order chi connectivity index (χ1) is 5.65.